The molecule has 2 rings (SSSR count). The van der Waals surface area contributed by atoms with Crippen LogP contribution in [0.15, 0.2) is 41.4 Å². The highest BCUT2D eigenvalue weighted by molar-refractivity contribution is 5.94. The maximum absolute atomic E-state index is 12.1. The fourth-order valence-electron chi connectivity index (χ4n) is 3.34. The largest absolute Gasteiger partial charge is 0.493 e. The lowest BCUT2D eigenvalue weighted by atomic mass is 10.1. The average molecular weight is 443 g/mol. The maximum Gasteiger partial charge on any atom is 0.253 e. The predicted molar refractivity (Wildman–Crippen MR) is 127 cm³/mol. The lowest BCUT2D eigenvalue weighted by molar-refractivity contribution is 0.0827. The number of nitrogens with zero attached hydrogens (tertiary/aromatic N) is 2. The molecule has 0 bridgehead atoms. The van der Waals surface area contributed by atoms with E-state index in [1.54, 1.807) is 47.4 Å². The Bertz CT molecular complexity index is 928. The fourth-order valence-corrected chi connectivity index (χ4v) is 3.34. The van der Waals surface area contributed by atoms with Crippen LogP contribution in [0, 0.1) is 0 Å². The van der Waals surface area contributed by atoms with Gasteiger partial charge in [0.15, 0.2) is 17.5 Å². The van der Waals surface area contributed by atoms with E-state index < -0.39 is 0 Å². The molecule has 0 aliphatic heterocycles. The van der Waals surface area contributed by atoms with Gasteiger partial charge in [0.05, 0.1) is 21.3 Å². The molecular formula is C24H34N4O4. The molecule has 0 saturated carbocycles. The Balaban J connectivity index is 1.88. The van der Waals surface area contributed by atoms with Crippen LogP contribution in [0.3, 0.4) is 0 Å². The van der Waals surface area contributed by atoms with Crippen LogP contribution >= 0.6 is 0 Å². The van der Waals surface area contributed by atoms with E-state index in [0.29, 0.717) is 41.9 Å². The molecule has 0 aromatic heterocycles. The first-order valence-electron chi connectivity index (χ1n) is 10.5. The van der Waals surface area contributed by atoms with Gasteiger partial charge >= 0.3 is 0 Å². The van der Waals surface area contributed by atoms with Crippen molar-refractivity contribution in [2.75, 3.05) is 55.6 Å². The molecule has 174 valence electrons. The SMILES string of the molecule is CN=C(NCCc1cccc(C(=O)N(C)C)c1)NCCc1ccc(OC)c(OC)c1OC. The molecule has 8 heteroatoms. The molecule has 8 nitrogen and oxygen atoms in total. The van der Waals surface area contributed by atoms with Gasteiger partial charge in [0.1, 0.15) is 0 Å². The van der Waals surface area contributed by atoms with Crippen LogP contribution in [-0.2, 0) is 12.8 Å². The van der Waals surface area contributed by atoms with E-state index in [4.69, 9.17) is 14.2 Å². The van der Waals surface area contributed by atoms with E-state index in [1.165, 1.54) is 0 Å². The highest BCUT2D eigenvalue weighted by Crippen LogP contribution is 2.39. The smallest absolute Gasteiger partial charge is 0.253 e. The normalized spacial score (nSPS) is 11.0. The van der Waals surface area contributed by atoms with Gasteiger partial charge in [-0.3, -0.25) is 9.79 Å². The van der Waals surface area contributed by atoms with Gasteiger partial charge in [-0.1, -0.05) is 18.2 Å². The highest BCUT2D eigenvalue weighted by atomic mass is 16.5. The van der Waals surface area contributed by atoms with E-state index in [-0.39, 0.29) is 5.91 Å². The van der Waals surface area contributed by atoms with Crippen LogP contribution in [0.2, 0.25) is 0 Å². The summed E-state index contributed by atoms with van der Waals surface area (Å²) in [4.78, 5) is 18.0. The van der Waals surface area contributed by atoms with Gasteiger partial charge in [0.2, 0.25) is 5.75 Å². The molecular weight excluding hydrogens is 408 g/mol. The zero-order chi connectivity index (χ0) is 23.5. The number of hydrogen-bond acceptors (Lipinski definition) is 5. The molecule has 0 spiro atoms. The van der Waals surface area contributed by atoms with Crippen molar-refractivity contribution in [2.24, 2.45) is 4.99 Å². The van der Waals surface area contributed by atoms with Crippen molar-refractivity contribution >= 4 is 11.9 Å². The number of carbonyl (C=O) groups excluding carboxylic acids is 1. The highest BCUT2D eigenvalue weighted by Gasteiger charge is 2.15. The first kappa shape index (κ1) is 24.8. The quantitative estimate of drug-likeness (QED) is 0.434. The average Bonchev–Trinajstić information content (AvgIpc) is 2.81. The van der Waals surface area contributed by atoms with Crippen LogP contribution in [-0.4, -0.2) is 72.3 Å². The number of nitrogens with one attached hydrogen (secondary N) is 2. The van der Waals surface area contributed by atoms with Crippen molar-refractivity contribution < 1.29 is 19.0 Å². The summed E-state index contributed by atoms with van der Waals surface area (Å²) in [5, 5.41) is 6.63. The van der Waals surface area contributed by atoms with Gasteiger partial charge in [-0.25, -0.2) is 0 Å². The van der Waals surface area contributed by atoms with Gasteiger partial charge in [-0.15, -0.1) is 0 Å². The third kappa shape index (κ3) is 6.54. The number of aliphatic imine (C=N–C) groups is 1. The minimum atomic E-state index is 0.00266. The van der Waals surface area contributed by atoms with Crippen LogP contribution in [0.4, 0.5) is 0 Å². The third-order valence-electron chi connectivity index (χ3n) is 4.98. The van der Waals surface area contributed by atoms with E-state index in [1.807, 2.05) is 36.4 Å². The summed E-state index contributed by atoms with van der Waals surface area (Å²) in [5.74, 6) is 2.61. The Hall–Kier alpha value is -3.42. The minimum absolute atomic E-state index is 0.00266. The molecule has 0 aliphatic carbocycles. The molecule has 2 aromatic carbocycles. The van der Waals surface area contributed by atoms with Gasteiger partial charge in [0, 0.05) is 45.4 Å². The summed E-state index contributed by atoms with van der Waals surface area (Å²) >= 11 is 0. The molecule has 1 amide bonds. The van der Waals surface area contributed by atoms with Crippen molar-refractivity contribution in [1.82, 2.24) is 15.5 Å². The molecule has 0 atom stereocenters. The molecule has 0 unspecified atom stereocenters. The summed E-state index contributed by atoms with van der Waals surface area (Å²) in [7, 11) is 10.1. The summed E-state index contributed by atoms with van der Waals surface area (Å²) in [6.07, 6.45) is 1.50. The third-order valence-corrected chi connectivity index (χ3v) is 4.98. The number of guanidine groups is 1. The zero-order valence-corrected chi connectivity index (χ0v) is 19.8. The Morgan fingerprint density at radius 1 is 0.938 bits per heavy atom. The lowest BCUT2D eigenvalue weighted by Gasteiger charge is -2.17. The zero-order valence-electron chi connectivity index (χ0n) is 19.8. The Morgan fingerprint density at radius 2 is 1.62 bits per heavy atom. The predicted octanol–water partition coefficient (Wildman–Crippen LogP) is 2.36. The Kier molecular flexibility index (Phi) is 9.66. The van der Waals surface area contributed by atoms with Crippen molar-refractivity contribution in [3.05, 3.63) is 53.1 Å². The molecule has 32 heavy (non-hydrogen) atoms. The second-order valence-electron chi connectivity index (χ2n) is 7.32. The summed E-state index contributed by atoms with van der Waals surface area (Å²) < 4.78 is 16.3. The van der Waals surface area contributed by atoms with Crippen molar-refractivity contribution in [1.29, 1.82) is 0 Å². The number of methoxy groups -OCH3 is 3. The first-order valence-corrected chi connectivity index (χ1v) is 10.5. The fraction of sp³-hybridized carbons (Fsp3) is 0.417. The second-order valence-corrected chi connectivity index (χ2v) is 7.32. The Morgan fingerprint density at radius 3 is 2.22 bits per heavy atom. The van der Waals surface area contributed by atoms with E-state index in [2.05, 4.69) is 15.6 Å². The van der Waals surface area contributed by atoms with E-state index in [0.717, 1.165) is 24.0 Å². The molecule has 2 N–H and O–H groups in total. The maximum atomic E-state index is 12.1. The second kappa shape index (κ2) is 12.4. The van der Waals surface area contributed by atoms with Crippen LogP contribution in [0.5, 0.6) is 17.2 Å². The number of benzene rings is 2. The minimum Gasteiger partial charge on any atom is -0.493 e. The lowest BCUT2D eigenvalue weighted by Crippen LogP contribution is -2.39. The van der Waals surface area contributed by atoms with Crippen LogP contribution < -0.4 is 24.8 Å². The summed E-state index contributed by atoms with van der Waals surface area (Å²) in [6.45, 7) is 1.36. The molecule has 0 heterocycles. The molecule has 0 saturated heterocycles. The summed E-state index contributed by atoms with van der Waals surface area (Å²) in [5.41, 5.74) is 2.80. The topological polar surface area (TPSA) is 84.4 Å². The molecule has 0 radical (unpaired) electrons. The monoisotopic (exact) mass is 442 g/mol. The molecule has 0 aliphatic rings. The van der Waals surface area contributed by atoms with Gasteiger partial charge in [-0.2, -0.15) is 0 Å². The number of rotatable bonds is 10. The van der Waals surface area contributed by atoms with Gasteiger partial charge in [0.25, 0.3) is 5.91 Å². The standard InChI is InChI=1S/C24H34N4O4/c1-25-24(26-14-12-17-8-7-9-19(16-17)23(29)28(2)3)27-15-13-18-10-11-20(30-4)22(32-6)21(18)31-5/h7-11,16H,12-15H2,1-6H3,(H2,25,26,27). The molecule has 2 aromatic rings. The first-order chi connectivity index (χ1) is 15.4. The summed E-state index contributed by atoms with van der Waals surface area (Å²) in [6, 6.07) is 11.5. The van der Waals surface area contributed by atoms with Crippen LogP contribution in [0.25, 0.3) is 0 Å². The van der Waals surface area contributed by atoms with Crippen molar-refractivity contribution in [3.8, 4) is 17.2 Å². The Labute approximate surface area is 190 Å². The van der Waals surface area contributed by atoms with Gasteiger partial charge in [-0.05, 0) is 36.6 Å². The van der Waals surface area contributed by atoms with Crippen LogP contribution in [0.1, 0.15) is 21.5 Å². The van der Waals surface area contributed by atoms with E-state index in [9.17, 15) is 4.79 Å². The van der Waals surface area contributed by atoms with Crippen molar-refractivity contribution in [3.63, 3.8) is 0 Å². The van der Waals surface area contributed by atoms with Crippen molar-refractivity contribution in [2.45, 2.75) is 12.8 Å². The number of hydrogen-bond donors (Lipinski definition) is 2. The van der Waals surface area contributed by atoms with Gasteiger partial charge < -0.3 is 29.7 Å². The molecule has 0 fully saturated rings. The number of amides is 1. The van der Waals surface area contributed by atoms with E-state index >= 15 is 0 Å². The number of carbonyl (C=O) groups is 1. The number of ether oxygens (including phenoxy) is 3.